The van der Waals surface area contributed by atoms with Crippen LogP contribution in [0.3, 0.4) is 0 Å². The van der Waals surface area contributed by atoms with Gasteiger partial charge in [-0.3, -0.25) is 13.9 Å². The molecule has 2 amide bonds. The third-order valence-corrected chi connectivity index (χ3v) is 8.75. The molecule has 0 saturated heterocycles. The molecule has 3 rings (SSSR count). The number of hydrogen-bond donors (Lipinski definition) is 1. The molecule has 202 valence electrons. The number of anilines is 1. The Morgan fingerprint density at radius 2 is 1.63 bits per heavy atom. The molecule has 0 unspecified atom stereocenters. The molecule has 1 N–H and O–H groups in total. The van der Waals surface area contributed by atoms with Crippen LogP contribution in [0.5, 0.6) is 0 Å². The topological polar surface area (TPSA) is 86.8 Å². The zero-order valence-electron chi connectivity index (χ0n) is 21.1. The molecule has 3 aromatic rings. The van der Waals surface area contributed by atoms with Crippen molar-refractivity contribution in [2.75, 3.05) is 24.2 Å². The lowest BCUT2D eigenvalue weighted by atomic mass is 10.0. The van der Waals surface area contributed by atoms with E-state index in [2.05, 4.69) is 21.2 Å². The predicted octanol–water partition coefficient (Wildman–Crippen LogP) is 5.22. The van der Waals surface area contributed by atoms with Crippen molar-refractivity contribution in [3.63, 3.8) is 0 Å². The number of hydrogen-bond acceptors (Lipinski definition) is 4. The van der Waals surface area contributed by atoms with Crippen molar-refractivity contribution in [3.05, 3.63) is 97.9 Å². The fraction of sp³-hybridized carbons (Fsp3) is 0.259. The van der Waals surface area contributed by atoms with Gasteiger partial charge in [-0.1, -0.05) is 75.5 Å². The molecule has 1 atom stereocenters. The molecule has 0 spiro atoms. The van der Waals surface area contributed by atoms with Gasteiger partial charge in [-0.2, -0.15) is 0 Å². The molecule has 0 saturated carbocycles. The maximum Gasteiger partial charge on any atom is 0.244 e. The van der Waals surface area contributed by atoms with E-state index in [0.29, 0.717) is 21.3 Å². The number of likely N-dealkylation sites (N-methyl/N-ethyl adjacent to an activating group) is 1. The van der Waals surface area contributed by atoms with Crippen LogP contribution in [-0.2, 0) is 32.6 Å². The van der Waals surface area contributed by atoms with E-state index >= 15 is 0 Å². The Kier molecular flexibility index (Phi) is 10.2. The molecule has 7 nitrogen and oxygen atoms in total. The first-order chi connectivity index (χ1) is 17.9. The Morgan fingerprint density at radius 3 is 2.18 bits per heavy atom. The highest BCUT2D eigenvalue weighted by Crippen LogP contribution is 2.29. The number of carbonyl (C=O) groups excluding carboxylic acids is 2. The van der Waals surface area contributed by atoms with Crippen molar-refractivity contribution >= 4 is 66.7 Å². The number of sulfonamides is 1. The summed E-state index contributed by atoms with van der Waals surface area (Å²) >= 11 is 16.3. The van der Waals surface area contributed by atoms with Crippen LogP contribution in [0.2, 0.25) is 10.0 Å². The number of rotatable bonds is 10. The van der Waals surface area contributed by atoms with Crippen LogP contribution in [0.15, 0.2) is 71.2 Å². The number of aryl methyl sites for hydroxylation is 1. The molecule has 3 aromatic carbocycles. The van der Waals surface area contributed by atoms with Gasteiger partial charge in [-0.05, 0) is 48.4 Å². The Hall–Kier alpha value is -2.59. The van der Waals surface area contributed by atoms with Crippen molar-refractivity contribution < 1.29 is 18.0 Å². The second-order valence-electron chi connectivity index (χ2n) is 8.74. The van der Waals surface area contributed by atoms with Gasteiger partial charge in [0.2, 0.25) is 21.8 Å². The van der Waals surface area contributed by atoms with Crippen LogP contribution in [0, 0.1) is 6.92 Å². The highest BCUT2D eigenvalue weighted by atomic mass is 79.9. The lowest BCUT2D eigenvalue weighted by Crippen LogP contribution is -2.53. The molecule has 0 aliphatic carbocycles. The van der Waals surface area contributed by atoms with Crippen LogP contribution in [0.25, 0.3) is 0 Å². The molecular weight excluding hydrogens is 613 g/mol. The van der Waals surface area contributed by atoms with Crippen molar-refractivity contribution in [1.29, 1.82) is 0 Å². The Labute approximate surface area is 241 Å². The minimum Gasteiger partial charge on any atom is -0.357 e. The first-order valence-electron chi connectivity index (χ1n) is 11.6. The number of carbonyl (C=O) groups is 2. The van der Waals surface area contributed by atoms with Crippen LogP contribution in [0.1, 0.15) is 16.7 Å². The third kappa shape index (κ3) is 7.50. The van der Waals surface area contributed by atoms with E-state index in [1.807, 2.05) is 37.3 Å². The van der Waals surface area contributed by atoms with E-state index < -0.39 is 34.4 Å². The average molecular weight is 641 g/mol. The van der Waals surface area contributed by atoms with Gasteiger partial charge in [0.15, 0.2) is 0 Å². The number of halogens is 3. The van der Waals surface area contributed by atoms with E-state index in [1.54, 1.807) is 36.4 Å². The van der Waals surface area contributed by atoms with Gasteiger partial charge in [0.05, 0.1) is 11.9 Å². The minimum atomic E-state index is -3.86. The van der Waals surface area contributed by atoms with Crippen LogP contribution in [-0.4, -0.2) is 51.0 Å². The van der Waals surface area contributed by atoms with Crippen LogP contribution in [0.4, 0.5) is 5.69 Å². The molecule has 0 aliphatic rings. The largest absolute Gasteiger partial charge is 0.357 e. The molecule has 11 heteroatoms. The van der Waals surface area contributed by atoms with E-state index in [-0.39, 0.29) is 13.0 Å². The van der Waals surface area contributed by atoms with Crippen molar-refractivity contribution in [2.24, 2.45) is 0 Å². The first-order valence-corrected chi connectivity index (χ1v) is 15.0. The summed E-state index contributed by atoms with van der Waals surface area (Å²) in [6, 6.07) is 18.3. The van der Waals surface area contributed by atoms with Crippen molar-refractivity contribution in [2.45, 2.75) is 25.9 Å². The highest BCUT2D eigenvalue weighted by molar-refractivity contribution is 9.10. The van der Waals surface area contributed by atoms with Gasteiger partial charge >= 0.3 is 0 Å². The van der Waals surface area contributed by atoms with E-state index in [4.69, 9.17) is 23.2 Å². The normalized spacial score (nSPS) is 12.1. The van der Waals surface area contributed by atoms with Gasteiger partial charge in [-0.15, -0.1) is 0 Å². The van der Waals surface area contributed by atoms with Crippen LogP contribution >= 0.6 is 39.1 Å². The summed E-state index contributed by atoms with van der Waals surface area (Å²) < 4.78 is 27.5. The number of amides is 2. The molecule has 0 fully saturated rings. The number of nitrogens with zero attached hydrogens (tertiary/aromatic N) is 2. The Balaban J connectivity index is 2.08. The zero-order valence-corrected chi connectivity index (χ0v) is 25.0. The van der Waals surface area contributed by atoms with Gasteiger partial charge in [0, 0.05) is 40.1 Å². The highest BCUT2D eigenvalue weighted by Gasteiger charge is 2.33. The second kappa shape index (κ2) is 13.0. The summed E-state index contributed by atoms with van der Waals surface area (Å²) in [6.45, 7) is 1.20. The van der Waals surface area contributed by atoms with E-state index in [0.717, 1.165) is 26.2 Å². The minimum absolute atomic E-state index is 0.0980. The predicted molar refractivity (Wildman–Crippen MR) is 156 cm³/mol. The fourth-order valence-electron chi connectivity index (χ4n) is 3.97. The average Bonchev–Trinajstić information content (AvgIpc) is 2.87. The number of benzene rings is 3. The first kappa shape index (κ1) is 30.0. The van der Waals surface area contributed by atoms with Gasteiger partial charge in [0.25, 0.3) is 0 Å². The van der Waals surface area contributed by atoms with E-state index in [1.165, 1.54) is 11.9 Å². The fourth-order valence-corrected chi connectivity index (χ4v) is 5.58. The molecule has 0 aromatic heterocycles. The van der Waals surface area contributed by atoms with Crippen LogP contribution < -0.4 is 9.62 Å². The summed E-state index contributed by atoms with van der Waals surface area (Å²) in [4.78, 5) is 28.4. The SMILES string of the molecule is CNC(=O)[C@@H](Cc1ccccc1)N(Cc1c(Cl)cccc1Cl)C(=O)CN(c1ccc(Br)c(C)c1)S(C)(=O)=O. The smallest absolute Gasteiger partial charge is 0.244 e. The van der Waals surface area contributed by atoms with Gasteiger partial charge in [-0.25, -0.2) is 8.42 Å². The molecule has 0 bridgehead atoms. The zero-order chi connectivity index (χ0) is 28.0. The molecular formula is C27H28BrCl2N3O4S. The summed E-state index contributed by atoms with van der Waals surface area (Å²) in [5.74, 6) is -0.993. The number of nitrogens with one attached hydrogen (secondary N) is 1. The summed E-state index contributed by atoms with van der Waals surface area (Å²) in [5.41, 5.74) is 2.41. The monoisotopic (exact) mass is 639 g/mol. The molecule has 0 radical (unpaired) electrons. The molecule has 38 heavy (non-hydrogen) atoms. The standard InChI is InChI=1S/C27H28BrCl2N3O4S/c1-18-14-20(12-13-22(18)28)33(38(3,36)37)17-26(34)32(16-21-23(29)10-7-11-24(21)30)25(27(35)31-2)15-19-8-5-4-6-9-19/h4-14,25H,15-17H2,1-3H3,(H,31,35)/t25-/m1/s1. The molecule has 0 heterocycles. The summed E-state index contributed by atoms with van der Waals surface area (Å²) in [7, 11) is -2.37. The molecule has 0 aliphatic heterocycles. The van der Waals surface area contributed by atoms with Crippen molar-refractivity contribution in [3.8, 4) is 0 Å². The second-order valence-corrected chi connectivity index (χ2v) is 12.3. The summed E-state index contributed by atoms with van der Waals surface area (Å²) in [5, 5.41) is 3.28. The lowest BCUT2D eigenvalue weighted by molar-refractivity contribution is -0.139. The summed E-state index contributed by atoms with van der Waals surface area (Å²) in [6.07, 6.45) is 1.23. The van der Waals surface area contributed by atoms with Crippen molar-refractivity contribution in [1.82, 2.24) is 10.2 Å². The maximum absolute atomic E-state index is 13.9. The van der Waals surface area contributed by atoms with E-state index in [9.17, 15) is 18.0 Å². The third-order valence-electron chi connectivity index (χ3n) is 6.02. The van der Waals surface area contributed by atoms with Gasteiger partial charge < -0.3 is 10.2 Å². The lowest BCUT2D eigenvalue weighted by Gasteiger charge is -2.33. The quantitative estimate of drug-likeness (QED) is 0.329. The maximum atomic E-state index is 13.9. The Bertz CT molecular complexity index is 1400. The van der Waals surface area contributed by atoms with Gasteiger partial charge in [0.1, 0.15) is 12.6 Å². The Morgan fingerprint density at radius 1 is 1.00 bits per heavy atom.